The first-order valence-electron chi connectivity index (χ1n) is 7.47. The number of halogens is 1. The molecule has 4 heteroatoms. The van der Waals surface area contributed by atoms with Gasteiger partial charge in [-0.05, 0) is 51.2 Å². The van der Waals surface area contributed by atoms with E-state index in [2.05, 4.69) is 10.2 Å². The zero-order valence-electron chi connectivity index (χ0n) is 13.7. The number of nitrogens with zero attached hydrogens (tertiary/aromatic N) is 1. The largest absolute Gasteiger partial charge is 0.349 e. The molecule has 0 saturated heterocycles. The summed E-state index contributed by atoms with van der Waals surface area (Å²) >= 11 is 0. The van der Waals surface area contributed by atoms with Gasteiger partial charge >= 0.3 is 0 Å². The molecule has 1 aromatic rings. The first-order valence-corrected chi connectivity index (χ1v) is 7.47. The van der Waals surface area contributed by atoms with Gasteiger partial charge < -0.3 is 10.2 Å². The molecule has 0 radical (unpaired) electrons. The van der Waals surface area contributed by atoms with Crippen molar-refractivity contribution < 1.29 is 9.18 Å². The number of rotatable bonds is 7. The summed E-state index contributed by atoms with van der Waals surface area (Å²) < 4.78 is 13.1. The van der Waals surface area contributed by atoms with Crippen LogP contribution in [0.15, 0.2) is 24.3 Å². The SMILES string of the molecule is CCC(C)(C)C(=O)NC(CCN(C)C)c1ccc(F)cc1. The second-order valence-electron chi connectivity index (χ2n) is 6.41. The van der Waals surface area contributed by atoms with Crippen molar-refractivity contribution in [3.05, 3.63) is 35.6 Å². The summed E-state index contributed by atoms with van der Waals surface area (Å²) in [5.41, 5.74) is 0.551. The van der Waals surface area contributed by atoms with E-state index < -0.39 is 5.41 Å². The standard InChI is InChI=1S/C17H27FN2O/c1-6-17(2,3)16(21)19-15(11-12-20(4)5)13-7-9-14(18)10-8-13/h7-10,15H,6,11-12H2,1-5H3,(H,19,21). The summed E-state index contributed by atoms with van der Waals surface area (Å²) in [6.45, 7) is 6.74. The molecule has 1 amide bonds. The maximum Gasteiger partial charge on any atom is 0.226 e. The Kier molecular flexibility index (Phi) is 6.34. The molecule has 0 aliphatic rings. The molecule has 0 heterocycles. The number of benzene rings is 1. The molecular weight excluding hydrogens is 267 g/mol. The lowest BCUT2D eigenvalue weighted by atomic mass is 9.88. The van der Waals surface area contributed by atoms with Gasteiger partial charge in [-0.2, -0.15) is 0 Å². The zero-order valence-corrected chi connectivity index (χ0v) is 13.7. The van der Waals surface area contributed by atoms with Crippen molar-refractivity contribution in [3.63, 3.8) is 0 Å². The zero-order chi connectivity index (χ0) is 16.0. The first kappa shape index (κ1) is 17.6. The van der Waals surface area contributed by atoms with Gasteiger partial charge in [0.25, 0.3) is 0 Å². The molecule has 0 spiro atoms. The molecule has 0 aromatic heterocycles. The minimum Gasteiger partial charge on any atom is -0.349 e. The van der Waals surface area contributed by atoms with Crippen molar-refractivity contribution in [2.75, 3.05) is 20.6 Å². The third-order valence-electron chi connectivity index (χ3n) is 3.94. The molecular formula is C17H27FN2O. The van der Waals surface area contributed by atoms with Crippen molar-refractivity contribution in [2.45, 2.75) is 39.7 Å². The van der Waals surface area contributed by atoms with Crippen LogP contribution in [0.2, 0.25) is 0 Å². The Balaban J connectivity index is 2.87. The number of carbonyl (C=O) groups excluding carboxylic acids is 1. The van der Waals surface area contributed by atoms with Gasteiger partial charge in [0.15, 0.2) is 0 Å². The number of amides is 1. The number of hydrogen-bond donors (Lipinski definition) is 1. The summed E-state index contributed by atoms with van der Waals surface area (Å²) in [5, 5.41) is 3.11. The lowest BCUT2D eigenvalue weighted by molar-refractivity contribution is -0.130. The lowest BCUT2D eigenvalue weighted by Gasteiger charge is -2.27. The fourth-order valence-corrected chi connectivity index (χ4v) is 1.92. The summed E-state index contributed by atoms with van der Waals surface area (Å²) in [5.74, 6) is -0.219. The molecule has 0 aliphatic carbocycles. The molecule has 0 bridgehead atoms. The van der Waals surface area contributed by atoms with Crippen molar-refractivity contribution in [1.82, 2.24) is 10.2 Å². The predicted molar refractivity (Wildman–Crippen MR) is 84.5 cm³/mol. The quantitative estimate of drug-likeness (QED) is 0.836. The van der Waals surface area contributed by atoms with E-state index in [0.717, 1.165) is 24.9 Å². The highest BCUT2D eigenvalue weighted by molar-refractivity contribution is 5.82. The molecule has 1 N–H and O–H groups in total. The van der Waals surface area contributed by atoms with Gasteiger partial charge in [-0.15, -0.1) is 0 Å². The van der Waals surface area contributed by atoms with Crippen LogP contribution in [0.5, 0.6) is 0 Å². The highest BCUT2D eigenvalue weighted by atomic mass is 19.1. The summed E-state index contributed by atoms with van der Waals surface area (Å²) in [7, 11) is 4.00. The number of carbonyl (C=O) groups is 1. The number of hydrogen-bond acceptors (Lipinski definition) is 2. The average Bonchev–Trinajstić information content (AvgIpc) is 2.43. The minimum atomic E-state index is -0.392. The third kappa shape index (κ3) is 5.46. The van der Waals surface area contributed by atoms with Gasteiger partial charge in [-0.25, -0.2) is 4.39 Å². The highest BCUT2D eigenvalue weighted by Gasteiger charge is 2.27. The van der Waals surface area contributed by atoms with Gasteiger partial charge in [-0.1, -0.05) is 32.9 Å². The second-order valence-corrected chi connectivity index (χ2v) is 6.41. The van der Waals surface area contributed by atoms with Crippen LogP contribution in [0.1, 0.15) is 45.2 Å². The van der Waals surface area contributed by atoms with Crippen molar-refractivity contribution in [3.8, 4) is 0 Å². The van der Waals surface area contributed by atoms with Gasteiger partial charge in [0.05, 0.1) is 6.04 Å². The van der Waals surface area contributed by atoms with E-state index in [1.54, 1.807) is 12.1 Å². The Labute approximate surface area is 127 Å². The smallest absolute Gasteiger partial charge is 0.226 e. The molecule has 0 saturated carbocycles. The molecule has 1 unspecified atom stereocenters. The van der Waals surface area contributed by atoms with Crippen molar-refractivity contribution in [2.24, 2.45) is 5.41 Å². The van der Waals surface area contributed by atoms with Crippen LogP contribution in [0.4, 0.5) is 4.39 Å². The van der Waals surface area contributed by atoms with Gasteiger partial charge in [-0.3, -0.25) is 4.79 Å². The molecule has 0 aliphatic heterocycles. The van der Waals surface area contributed by atoms with E-state index in [0.29, 0.717) is 0 Å². The Hall–Kier alpha value is -1.42. The van der Waals surface area contributed by atoms with Crippen LogP contribution < -0.4 is 5.32 Å². The third-order valence-corrected chi connectivity index (χ3v) is 3.94. The van der Waals surface area contributed by atoms with E-state index in [9.17, 15) is 9.18 Å². The van der Waals surface area contributed by atoms with Crippen LogP contribution in [0, 0.1) is 11.2 Å². The fraction of sp³-hybridized carbons (Fsp3) is 0.588. The Morgan fingerprint density at radius 3 is 2.33 bits per heavy atom. The first-order chi connectivity index (χ1) is 9.76. The highest BCUT2D eigenvalue weighted by Crippen LogP contribution is 2.24. The van der Waals surface area contributed by atoms with Gasteiger partial charge in [0.2, 0.25) is 5.91 Å². The van der Waals surface area contributed by atoms with E-state index >= 15 is 0 Å². The molecule has 1 atom stereocenters. The van der Waals surface area contributed by atoms with E-state index in [1.165, 1.54) is 12.1 Å². The maximum absolute atomic E-state index is 13.1. The fourth-order valence-electron chi connectivity index (χ4n) is 1.92. The molecule has 1 aromatic carbocycles. The van der Waals surface area contributed by atoms with Crippen LogP contribution in [0.25, 0.3) is 0 Å². The Bertz CT molecular complexity index is 454. The number of nitrogens with one attached hydrogen (secondary N) is 1. The summed E-state index contributed by atoms with van der Waals surface area (Å²) in [6, 6.07) is 6.28. The molecule has 0 fully saturated rings. The topological polar surface area (TPSA) is 32.3 Å². The van der Waals surface area contributed by atoms with Crippen molar-refractivity contribution >= 4 is 5.91 Å². The molecule has 118 valence electrons. The minimum absolute atomic E-state index is 0.0399. The average molecular weight is 294 g/mol. The second kappa shape index (κ2) is 7.55. The van der Waals surface area contributed by atoms with Crippen molar-refractivity contribution in [1.29, 1.82) is 0 Å². The molecule has 3 nitrogen and oxygen atoms in total. The Morgan fingerprint density at radius 1 is 1.29 bits per heavy atom. The Morgan fingerprint density at radius 2 is 1.86 bits per heavy atom. The normalized spacial score (nSPS) is 13.3. The van der Waals surface area contributed by atoms with Crippen LogP contribution in [0.3, 0.4) is 0 Å². The maximum atomic E-state index is 13.1. The van der Waals surface area contributed by atoms with Crippen LogP contribution in [-0.4, -0.2) is 31.4 Å². The van der Waals surface area contributed by atoms with Crippen LogP contribution in [-0.2, 0) is 4.79 Å². The summed E-state index contributed by atoms with van der Waals surface area (Å²) in [4.78, 5) is 14.5. The predicted octanol–water partition coefficient (Wildman–Crippen LogP) is 3.37. The van der Waals surface area contributed by atoms with Crippen LogP contribution >= 0.6 is 0 Å². The summed E-state index contributed by atoms with van der Waals surface area (Å²) in [6.07, 6.45) is 1.58. The van der Waals surface area contributed by atoms with Gasteiger partial charge in [0.1, 0.15) is 5.82 Å². The molecule has 21 heavy (non-hydrogen) atoms. The molecule has 1 rings (SSSR count). The monoisotopic (exact) mass is 294 g/mol. The lowest BCUT2D eigenvalue weighted by Crippen LogP contribution is -2.39. The van der Waals surface area contributed by atoms with E-state index in [1.807, 2.05) is 34.9 Å². The van der Waals surface area contributed by atoms with Gasteiger partial charge in [0, 0.05) is 5.41 Å². The van der Waals surface area contributed by atoms with E-state index in [4.69, 9.17) is 0 Å². The van der Waals surface area contributed by atoms with E-state index in [-0.39, 0.29) is 17.8 Å².